The molecule has 1 heterocycles. The maximum atomic E-state index is 12.2. The Kier molecular flexibility index (Phi) is 4.39. The molecular weight excluding hydrogens is 298 g/mol. The molecule has 0 atom stereocenters. The predicted molar refractivity (Wildman–Crippen MR) is 80.1 cm³/mol. The van der Waals surface area contributed by atoms with Crippen molar-refractivity contribution in [3.05, 3.63) is 33.8 Å². The van der Waals surface area contributed by atoms with Crippen LogP contribution in [0.15, 0.2) is 12.1 Å². The van der Waals surface area contributed by atoms with E-state index in [0.717, 1.165) is 11.1 Å². The van der Waals surface area contributed by atoms with E-state index in [9.17, 15) is 13.2 Å². The molecule has 1 aliphatic heterocycles. The first-order chi connectivity index (χ1) is 9.28. The lowest BCUT2D eigenvalue weighted by Gasteiger charge is -2.23. The number of nitrogens with one attached hydrogen (secondary N) is 1. The van der Waals surface area contributed by atoms with E-state index < -0.39 is 9.84 Å². The molecule has 0 aliphatic carbocycles. The highest BCUT2D eigenvalue weighted by atomic mass is 35.5. The van der Waals surface area contributed by atoms with E-state index in [1.807, 2.05) is 13.8 Å². The molecule has 0 bridgehead atoms. The number of hydrogen-bond donors (Lipinski definition) is 1. The highest BCUT2D eigenvalue weighted by Gasteiger charge is 2.25. The van der Waals surface area contributed by atoms with Crippen molar-refractivity contribution in [1.82, 2.24) is 5.32 Å². The number of sulfone groups is 1. The maximum Gasteiger partial charge on any atom is 0.253 e. The van der Waals surface area contributed by atoms with E-state index in [-0.39, 0.29) is 23.5 Å². The average molecular weight is 316 g/mol. The Morgan fingerprint density at radius 1 is 1.20 bits per heavy atom. The molecule has 1 amide bonds. The molecule has 0 unspecified atom stereocenters. The Morgan fingerprint density at radius 3 is 2.35 bits per heavy atom. The second-order valence-corrected chi connectivity index (χ2v) is 8.03. The Hall–Kier alpha value is -1.07. The first-order valence-corrected chi connectivity index (χ1v) is 8.76. The van der Waals surface area contributed by atoms with Crippen LogP contribution in [0.25, 0.3) is 0 Å². The van der Waals surface area contributed by atoms with Crippen molar-refractivity contribution >= 4 is 27.3 Å². The van der Waals surface area contributed by atoms with Gasteiger partial charge in [-0.25, -0.2) is 8.42 Å². The minimum Gasteiger partial charge on any atom is -0.349 e. The van der Waals surface area contributed by atoms with Crippen molar-refractivity contribution in [2.24, 2.45) is 0 Å². The normalized spacial score (nSPS) is 18.8. The van der Waals surface area contributed by atoms with Crippen molar-refractivity contribution in [2.45, 2.75) is 32.7 Å². The third-order valence-electron chi connectivity index (χ3n) is 3.72. The standard InChI is InChI=1S/C14H18ClNO3S/c1-9-7-12(13(15)8-10(9)2)14(17)16-11-3-5-20(18,19)6-4-11/h7-8,11H,3-6H2,1-2H3,(H,16,17). The van der Waals surface area contributed by atoms with E-state index in [1.165, 1.54) is 0 Å². The summed E-state index contributed by atoms with van der Waals surface area (Å²) < 4.78 is 22.7. The number of carbonyl (C=O) groups excluding carboxylic acids is 1. The molecule has 1 aliphatic rings. The molecule has 1 fully saturated rings. The second-order valence-electron chi connectivity index (χ2n) is 5.32. The Bertz CT molecular complexity index is 626. The van der Waals surface area contributed by atoms with Crippen LogP contribution in [0.3, 0.4) is 0 Å². The van der Waals surface area contributed by atoms with Crippen molar-refractivity contribution in [2.75, 3.05) is 11.5 Å². The summed E-state index contributed by atoms with van der Waals surface area (Å²) in [6.45, 7) is 3.87. The lowest BCUT2D eigenvalue weighted by atomic mass is 10.0. The largest absolute Gasteiger partial charge is 0.349 e. The highest BCUT2D eigenvalue weighted by molar-refractivity contribution is 7.91. The zero-order chi connectivity index (χ0) is 14.9. The van der Waals surface area contributed by atoms with Gasteiger partial charge in [-0.3, -0.25) is 4.79 Å². The number of rotatable bonds is 2. The van der Waals surface area contributed by atoms with E-state index in [2.05, 4.69) is 5.32 Å². The van der Waals surface area contributed by atoms with Gasteiger partial charge in [0, 0.05) is 6.04 Å². The fourth-order valence-electron chi connectivity index (χ4n) is 2.25. The molecule has 110 valence electrons. The van der Waals surface area contributed by atoms with Gasteiger partial charge in [0.25, 0.3) is 5.91 Å². The number of hydrogen-bond acceptors (Lipinski definition) is 3. The summed E-state index contributed by atoms with van der Waals surface area (Å²) in [5, 5.41) is 3.30. The number of benzene rings is 1. The monoisotopic (exact) mass is 315 g/mol. The molecule has 6 heteroatoms. The zero-order valence-electron chi connectivity index (χ0n) is 11.6. The SMILES string of the molecule is Cc1cc(Cl)c(C(=O)NC2CCS(=O)(=O)CC2)cc1C. The van der Waals surface area contributed by atoms with Crippen LogP contribution in [0.1, 0.15) is 34.3 Å². The molecule has 1 saturated heterocycles. The van der Waals surface area contributed by atoms with Crippen molar-refractivity contribution in [1.29, 1.82) is 0 Å². The minimum absolute atomic E-state index is 0.0938. The van der Waals surface area contributed by atoms with Gasteiger partial charge in [0.2, 0.25) is 0 Å². The first kappa shape index (κ1) is 15.3. The maximum absolute atomic E-state index is 12.2. The summed E-state index contributed by atoms with van der Waals surface area (Å²) in [5.74, 6) is 0.0411. The minimum atomic E-state index is -2.91. The van der Waals surface area contributed by atoms with Crippen molar-refractivity contribution < 1.29 is 13.2 Å². The second kappa shape index (κ2) is 5.74. The van der Waals surface area contributed by atoms with Gasteiger partial charge in [0.15, 0.2) is 0 Å². The number of halogens is 1. The zero-order valence-corrected chi connectivity index (χ0v) is 13.1. The van der Waals surface area contributed by atoms with Crippen molar-refractivity contribution in [3.8, 4) is 0 Å². The van der Waals surface area contributed by atoms with Crippen LogP contribution in [0.5, 0.6) is 0 Å². The van der Waals surface area contributed by atoms with Gasteiger partial charge in [-0.05, 0) is 49.9 Å². The lowest BCUT2D eigenvalue weighted by molar-refractivity contribution is 0.0934. The van der Waals surface area contributed by atoms with Gasteiger partial charge in [-0.1, -0.05) is 11.6 Å². The molecule has 1 aromatic carbocycles. The third kappa shape index (κ3) is 3.52. The third-order valence-corrected chi connectivity index (χ3v) is 5.75. The first-order valence-electron chi connectivity index (χ1n) is 6.56. The molecule has 1 N–H and O–H groups in total. The molecule has 20 heavy (non-hydrogen) atoms. The Balaban J connectivity index is 2.08. The molecular formula is C14H18ClNO3S. The van der Waals surface area contributed by atoms with Crippen LogP contribution < -0.4 is 5.32 Å². The van der Waals surface area contributed by atoms with Gasteiger partial charge in [-0.2, -0.15) is 0 Å². The molecule has 1 aromatic rings. The van der Waals surface area contributed by atoms with Crippen molar-refractivity contribution in [3.63, 3.8) is 0 Å². The molecule has 2 rings (SSSR count). The van der Waals surface area contributed by atoms with Gasteiger partial charge in [0.1, 0.15) is 9.84 Å². The Morgan fingerprint density at radius 2 is 1.75 bits per heavy atom. The van der Waals surface area contributed by atoms with Gasteiger partial charge >= 0.3 is 0 Å². The summed E-state index contributed by atoms with van der Waals surface area (Å²) in [6.07, 6.45) is 0.938. The van der Waals surface area contributed by atoms with Crippen LogP contribution in [0, 0.1) is 13.8 Å². The molecule has 0 saturated carbocycles. The Labute approximate surface area is 124 Å². The molecule has 4 nitrogen and oxygen atoms in total. The van der Waals surface area contributed by atoms with E-state index in [1.54, 1.807) is 12.1 Å². The topological polar surface area (TPSA) is 63.2 Å². The fourth-order valence-corrected chi connectivity index (χ4v) is 4.05. The van der Waals surface area contributed by atoms with E-state index in [4.69, 9.17) is 11.6 Å². The summed E-state index contributed by atoms with van der Waals surface area (Å²) in [6, 6.07) is 3.45. The summed E-state index contributed by atoms with van der Waals surface area (Å²) in [5.41, 5.74) is 2.49. The molecule has 0 spiro atoms. The average Bonchev–Trinajstić information content (AvgIpc) is 2.36. The summed E-state index contributed by atoms with van der Waals surface area (Å²) in [7, 11) is -2.91. The molecule has 0 aromatic heterocycles. The highest BCUT2D eigenvalue weighted by Crippen LogP contribution is 2.21. The number of aryl methyl sites for hydroxylation is 2. The lowest BCUT2D eigenvalue weighted by Crippen LogP contribution is -2.41. The van der Waals surface area contributed by atoms with Crippen LogP contribution in [0.2, 0.25) is 5.02 Å². The van der Waals surface area contributed by atoms with Crippen LogP contribution >= 0.6 is 11.6 Å². The van der Waals surface area contributed by atoms with Crippen LogP contribution in [0.4, 0.5) is 0 Å². The fraction of sp³-hybridized carbons (Fsp3) is 0.500. The number of carbonyl (C=O) groups is 1. The van der Waals surface area contributed by atoms with E-state index >= 15 is 0 Å². The van der Waals surface area contributed by atoms with Gasteiger partial charge in [0.05, 0.1) is 22.1 Å². The molecule has 0 radical (unpaired) electrons. The van der Waals surface area contributed by atoms with Gasteiger partial charge in [-0.15, -0.1) is 0 Å². The van der Waals surface area contributed by atoms with E-state index in [0.29, 0.717) is 23.4 Å². The quantitative estimate of drug-likeness (QED) is 0.910. The van der Waals surface area contributed by atoms with Gasteiger partial charge < -0.3 is 5.32 Å². The predicted octanol–water partition coefficient (Wildman–Crippen LogP) is 2.26. The summed E-state index contributed by atoms with van der Waals surface area (Å²) >= 11 is 6.10. The summed E-state index contributed by atoms with van der Waals surface area (Å²) in [4.78, 5) is 12.2. The number of amides is 1. The van der Waals surface area contributed by atoms with Crippen LogP contribution in [-0.4, -0.2) is 31.9 Å². The smallest absolute Gasteiger partial charge is 0.253 e. The van der Waals surface area contributed by atoms with Crippen LogP contribution in [-0.2, 0) is 9.84 Å².